The minimum Gasteiger partial charge on any atom is -0.497 e. The Morgan fingerprint density at radius 1 is 1.29 bits per heavy atom. The molecular weight excluding hydrogens is 306 g/mol. The van der Waals surface area contributed by atoms with Crippen LogP contribution in [0.4, 0.5) is 5.69 Å². The average molecular weight is 320 g/mol. The van der Waals surface area contributed by atoms with Crippen LogP contribution in [0.2, 0.25) is 5.02 Å². The van der Waals surface area contributed by atoms with E-state index in [2.05, 4.69) is 9.97 Å². The first kappa shape index (κ1) is 14.1. The van der Waals surface area contributed by atoms with Gasteiger partial charge in [-0.05, 0) is 35.9 Å². The van der Waals surface area contributed by atoms with Crippen LogP contribution in [0.3, 0.4) is 0 Å². The molecule has 1 aromatic heterocycles. The van der Waals surface area contributed by atoms with Crippen LogP contribution in [0.1, 0.15) is 5.56 Å². The summed E-state index contributed by atoms with van der Waals surface area (Å²) >= 11 is 7.58. The van der Waals surface area contributed by atoms with Gasteiger partial charge in [0.25, 0.3) is 0 Å². The second-order valence-corrected chi connectivity index (χ2v) is 5.96. The van der Waals surface area contributed by atoms with Crippen LogP contribution in [0.25, 0.3) is 11.0 Å². The van der Waals surface area contributed by atoms with Gasteiger partial charge in [0.1, 0.15) is 5.75 Å². The zero-order valence-corrected chi connectivity index (χ0v) is 13.0. The molecule has 108 valence electrons. The summed E-state index contributed by atoms with van der Waals surface area (Å²) in [5, 5.41) is 1.53. The van der Waals surface area contributed by atoms with Gasteiger partial charge in [-0.2, -0.15) is 0 Å². The lowest BCUT2D eigenvalue weighted by atomic mass is 10.2. The number of nitrogen functional groups attached to an aromatic ring is 1. The maximum absolute atomic E-state index is 5.99. The predicted molar refractivity (Wildman–Crippen MR) is 88.1 cm³/mol. The van der Waals surface area contributed by atoms with Crippen molar-refractivity contribution in [3.63, 3.8) is 0 Å². The van der Waals surface area contributed by atoms with Crippen LogP contribution in [0.15, 0.2) is 41.6 Å². The van der Waals surface area contributed by atoms with Crippen molar-refractivity contribution >= 4 is 40.1 Å². The predicted octanol–water partition coefficient (Wildman–Crippen LogP) is 4.10. The van der Waals surface area contributed by atoms with E-state index in [0.717, 1.165) is 33.2 Å². The zero-order valence-electron chi connectivity index (χ0n) is 11.4. The molecule has 0 aliphatic carbocycles. The number of nitrogens with one attached hydrogen (secondary N) is 1. The van der Waals surface area contributed by atoms with Crippen molar-refractivity contribution in [3.05, 3.63) is 47.0 Å². The van der Waals surface area contributed by atoms with Crippen molar-refractivity contribution in [2.24, 2.45) is 0 Å². The average Bonchev–Trinajstić information content (AvgIpc) is 2.89. The first-order valence-electron chi connectivity index (χ1n) is 6.36. The first-order chi connectivity index (χ1) is 10.2. The minimum atomic E-state index is 0.689. The summed E-state index contributed by atoms with van der Waals surface area (Å²) < 4.78 is 5.20. The molecule has 0 amide bonds. The van der Waals surface area contributed by atoms with Crippen LogP contribution >= 0.6 is 23.4 Å². The number of methoxy groups -OCH3 is 1. The summed E-state index contributed by atoms with van der Waals surface area (Å²) in [6.45, 7) is 0. The Kier molecular flexibility index (Phi) is 3.94. The summed E-state index contributed by atoms with van der Waals surface area (Å²) in [5.41, 5.74) is 9.56. The van der Waals surface area contributed by atoms with Crippen LogP contribution in [-0.2, 0) is 5.75 Å². The summed E-state index contributed by atoms with van der Waals surface area (Å²) in [6.07, 6.45) is 0. The lowest BCUT2D eigenvalue weighted by molar-refractivity contribution is 0.415. The third-order valence-corrected chi connectivity index (χ3v) is 4.29. The number of nitrogens with two attached hydrogens (primary N) is 1. The van der Waals surface area contributed by atoms with E-state index in [-0.39, 0.29) is 0 Å². The number of halogens is 1. The van der Waals surface area contributed by atoms with E-state index in [9.17, 15) is 0 Å². The topological polar surface area (TPSA) is 63.9 Å². The number of aromatic nitrogens is 2. The molecule has 3 N–H and O–H groups in total. The molecule has 6 heteroatoms. The number of fused-ring (bicyclic) bond motifs is 1. The number of hydrogen-bond acceptors (Lipinski definition) is 4. The Bertz CT molecular complexity index is 788. The summed E-state index contributed by atoms with van der Waals surface area (Å²) in [4.78, 5) is 7.81. The summed E-state index contributed by atoms with van der Waals surface area (Å²) in [7, 11) is 1.65. The molecule has 21 heavy (non-hydrogen) atoms. The number of H-pyrrole nitrogens is 1. The molecule has 3 rings (SSSR count). The van der Waals surface area contributed by atoms with Crippen molar-refractivity contribution in [3.8, 4) is 5.75 Å². The molecule has 0 radical (unpaired) electrons. The highest BCUT2D eigenvalue weighted by molar-refractivity contribution is 7.98. The number of thioether (sulfide) groups is 1. The normalized spacial score (nSPS) is 11.0. The quantitative estimate of drug-likeness (QED) is 0.561. The fourth-order valence-corrected chi connectivity index (χ4v) is 3.09. The number of ether oxygens (including phenoxy) is 1. The zero-order chi connectivity index (χ0) is 14.8. The van der Waals surface area contributed by atoms with E-state index in [1.165, 1.54) is 0 Å². The fraction of sp³-hybridized carbons (Fsp3) is 0.133. The lowest BCUT2D eigenvalue weighted by Crippen LogP contribution is -1.92. The monoisotopic (exact) mass is 319 g/mol. The molecule has 2 aromatic carbocycles. The van der Waals surface area contributed by atoms with E-state index < -0.39 is 0 Å². The summed E-state index contributed by atoms with van der Waals surface area (Å²) in [5.74, 6) is 1.52. The molecule has 0 saturated heterocycles. The Labute approximate surface area is 131 Å². The van der Waals surface area contributed by atoms with Gasteiger partial charge < -0.3 is 15.5 Å². The highest BCUT2D eigenvalue weighted by Crippen LogP contribution is 2.28. The third-order valence-electron chi connectivity index (χ3n) is 3.14. The van der Waals surface area contributed by atoms with Gasteiger partial charge in [-0.3, -0.25) is 0 Å². The highest BCUT2D eigenvalue weighted by Gasteiger charge is 2.07. The standard InChI is InChI=1S/C15H14ClN3OS/c1-20-11-3-5-13-14(7-11)19-15(18-13)21-8-9-6-10(16)2-4-12(9)17/h2-7H,8,17H2,1H3,(H,18,19). The number of benzene rings is 2. The number of hydrogen-bond donors (Lipinski definition) is 2. The van der Waals surface area contributed by atoms with E-state index in [0.29, 0.717) is 10.8 Å². The third kappa shape index (κ3) is 3.09. The Morgan fingerprint density at radius 2 is 2.14 bits per heavy atom. The van der Waals surface area contributed by atoms with Gasteiger partial charge in [-0.1, -0.05) is 23.4 Å². The van der Waals surface area contributed by atoms with Gasteiger partial charge in [0.2, 0.25) is 0 Å². The minimum absolute atomic E-state index is 0.689. The molecule has 0 unspecified atom stereocenters. The van der Waals surface area contributed by atoms with Crippen molar-refractivity contribution < 1.29 is 4.74 Å². The maximum atomic E-state index is 5.99. The molecule has 0 fully saturated rings. The number of aromatic amines is 1. The van der Waals surface area contributed by atoms with E-state index in [4.69, 9.17) is 22.1 Å². The summed E-state index contributed by atoms with van der Waals surface area (Å²) in [6, 6.07) is 11.3. The van der Waals surface area contributed by atoms with Gasteiger partial charge in [0.05, 0.1) is 18.1 Å². The molecule has 0 spiro atoms. The van der Waals surface area contributed by atoms with Crippen molar-refractivity contribution in [1.29, 1.82) is 0 Å². The van der Waals surface area contributed by atoms with Gasteiger partial charge in [0, 0.05) is 22.5 Å². The largest absolute Gasteiger partial charge is 0.497 e. The second kappa shape index (κ2) is 5.87. The molecule has 4 nitrogen and oxygen atoms in total. The molecule has 0 aliphatic heterocycles. The van der Waals surface area contributed by atoms with Crippen LogP contribution in [0, 0.1) is 0 Å². The van der Waals surface area contributed by atoms with Crippen LogP contribution in [0.5, 0.6) is 5.75 Å². The maximum Gasteiger partial charge on any atom is 0.166 e. The van der Waals surface area contributed by atoms with Crippen LogP contribution < -0.4 is 10.5 Å². The highest BCUT2D eigenvalue weighted by atomic mass is 35.5. The lowest BCUT2D eigenvalue weighted by Gasteiger charge is -2.04. The Morgan fingerprint density at radius 3 is 2.95 bits per heavy atom. The Balaban J connectivity index is 1.80. The van der Waals surface area contributed by atoms with E-state index in [1.54, 1.807) is 24.9 Å². The van der Waals surface area contributed by atoms with Gasteiger partial charge in [-0.15, -0.1) is 0 Å². The molecule has 1 heterocycles. The van der Waals surface area contributed by atoms with E-state index in [1.807, 2.05) is 30.3 Å². The molecule has 0 aliphatic rings. The van der Waals surface area contributed by atoms with Gasteiger partial charge in [0.15, 0.2) is 5.16 Å². The second-order valence-electron chi connectivity index (χ2n) is 4.56. The SMILES string of the molecule is COc1ccc2nc(SCc3cc(Cl)ccc3N)[nH]c2c1. The molecule has 0 bridgehead atoms. The number of anilines is 1. The van der Waals surface area contributed by atoms with E-state index >= 15 is 0 Å². The molecular formula is C15H14ClN3OS. The van der Waals surface area contributed by atoms with Gasteiger partial charge >= 0.3 is 0 Å². The first-order valence-corrected chi connectivity index (χ1v) is 7.72. The number of nitrogens with zero attached hydrogens (tertiary/aromatic N) is 1. The smallest absolute Gasteiger partial charge is 0.166 e. The van der Waals surface area contributed by atoms with Crippen molar-refractivity contribution in [2.45, 2.75) is 10.9 Å². The number of imidazole rings is 1. The fourth-order valence-electron chi connectivity index (χ4n) is 2.01. The molecule has 0 saturated carbocycles. The molecule has 0 atom stereocenters. The van der Waals surface area contributed by atoms with Crippen molar-refractivity contribution in [2.75, 3.05) is 12.8 Å². The van der Waals surface area contributed by atoms with Crippen molar-refractivity contribution in [1.82, 2.24) is 9.97 Å². The van der Waals surface area contributed by atoms with Gasteiger partial charge in [-0.25, -0.2) is 4.98 Å². The molecule has 3 aromatic rings. The van der Waals surface area contributed by atoms with Crippen LogP contribution in [-0.4, -0.2) is 17.1 Å². The number of rotatable bonds is 4. The Hall–Kier alpha value is -1.85.